The summed E-state index contributed by atoms with van der Waals surface area (Å²) in [6, 6.07) is 0.649. The molecule has 3 aliphatic rings. The van der Waals surface area contributed by atoms with Crippen molar-refractivity contribution in [1.82, 2.24) is 9.21 Å². The van der Waals surface area contributed by atoms with Crippen molar-refractivity contribution in [2.45, 2.75) is 57.9 Å². The second kappa shape index (κ2) is 8.44. The van der Waals surface area contributed by atoms with Gasteiger partial charge in [-0.2, -0.15) is 0 Å². The molecule has 0 aromatic heterocycles. The first-order valence-corrected chi connectivity index (χ1v) is 12.1. The van der Waals surface area contributed by atoms with Gasteiger partial charge in [0.05, 0.1) is 6.26 Å². The fraction of sp³-hybridized carbons (Fsp3) is 0.800. The van der Waals surface area contributed by atoms with E-state index in [0.29, 0.717) is 31.0 Å². The number of nitrogens with two attached hydrogens (primary N) is 1. The average Bonchev–Trinajstić information content (AvgIpc) is 2.60. The van der Waals surface area contributed by atoms with Gasteiger partial charge < -0.3 is 10.6 Å². The number of sulfonamides is 1. The summed E-state index contributed by atoms with van der Waals surface area (Å²) < 4.78 is 25.1. The lowest BCUT2D eigenvalue weighted by atomic mass is 9.76. The fourth-order valence-electron chi connectivity index (χ4n) is 4.93. The van der Waals surface area contributed by atoms with Crippen molar-refractivity contribution < 1.29 is 8.42 Å². The average molecular weight is 382 g/mol. The zero-order valence-electron chi connectivity index (χ0n) is 16.4. The van der Waals surface area contributed by atoms with Crippen LogP contribution in [-0.4, -0.2) is 56.1 Å². The number of hydrogen-bond donors (Lipinski definition) is 1. The highest BCUT2D eigenvalue weighted by atomic mass is 32.2. The standard InChI is InChI=1S/C20H35N3O2S/c1-3-10-22(15-16-8-11-23(12-9-16)26(2,24)25)20-7-5-17-4-6-19(21)13-18(17)14-20/h4,6,16,18,20H,3,5,7-15,21H2,1-2H3. The van der Waals surface area contributed by atoms with Gasteiger partial charge in [-0.1, -0.05) is 18.6 Å². The SMILES string of the molecule is CCCN(CC1CCN(S(C)(=O)=O)CC1)C1CCC2=CC=C(N)CC2C1. The van der Waals surface area contributed by atoms with Crippen LogP contribution < -0.4 is 5.73 Å². The number of piperidine rings is 1. The molecule has 0 amide bonds. The van der Waals surface area contributed by atoms with E-state index in [2.05, 4.69) is 24.0 Å². The van der Waals surface area contributed by atoms with Gasteiger partial charge in [0, 0.05) is 31.4 Å². The lowest BCUT2D eigenvalue weighted by molar-refractivity contribution is 0.110. The second-order valence-electron chi connectivity index (χ2n) is 8.41. The minimum Gasteiger partial charge on any atom is -0.402 e. The van der Waals surface area contributed by atoms with Gasteiger partial charge in [-0.15, -0.1) is 0 Å². The van der Waals surface area contributed by atoms with Gasteiger partial charge in [-0.3, -0.25) is 0 Å². The van der Waals surface area contributed by atoms with Gasteiger partial charge in [0.15, 0.2) is 0 Å². The summed E-state index contributed by atoms with van der Waals surface area (Å²) in [6.07, 6.45) is 13.5. The van der Waals surface area contributed by atoms with E-state index in [0.717, 1.165) is 38.0 Å². The number of allylic oxidation sites excluding steroid dienone is 4. The summed E-state index contributed by atoms with van der Waals surface area (Å²) in [5.74, 6) is 1.25. The predicted octanol–water partition coefficient (Wildman–Crippen LogP) is 2.71. The van der Waals surface area contributed by atoms with Crippen LogP contribution in [0.1, 0.15) is 51.9 Å². The molecule has 1 saturated carbocycles. The van der Waals surface area contributed by atoms with E-state index in [1.54, 1.807) is 9.88 Å². The Balaban J connectivity index is 1.57. The molecule has 2 fully saturated rings. The van der Waals surface area contributed by atoms with Crippen LogP contribution in [0.5, 0.6) is 0 Å². The van der Waals surface area contributed by atoms with E-state index in [1.165, 1.54) is 31.9 Å². The molecule has 0 aromatic rings. The smallest absolute Gasteiger partial charge is 0.211 e. The summed E-state index contributed by atoms with van der Waals surface area (Å²) in [5.41, 5.74) is 8.68. The van der Waals surface area contributed by atoms with Crippen LogP contribution >= 0.6 is 0 Å². The molecule has 0 spiro atoms. The van der Waals surface area contributed by atoms with E-state index in [1.807, 2.05) is 0 Å². The van der Waals surface area contributed by atoms with E-state index in [-0.39, 0.29) is 0 Å². The molecule has 5 nitrogen and oxygen atoms in total. The van der Waals surface area contributed by atoms with Gasteiger partial charge in [-0.05, 0) is 69.4 Å². The van der Waals surface area contributed by atoms with Gasteiger partial charge in [0.1, 0.15) is 0 Å². The van der Waals surface area contributed by atoms with Crippen molar-refractivity contribution in [2.75, 3.05) is 32.4 Å². The van der Waals surface area contributed by atoms with E-state index < -0.39 is 10.0 Å². The Morgan fingerprint density at radius 2 is 1.96 bits per heavy atom. The Morgan fingerprint density at radius 3 is 2.62 bits per heavy atom. The third-order valence-electron chi connectivity index (χ3n) is 6.40. The Morgan fingerprint density at radius 1 is 1.23 bits per heavy atom. The Hall–Kier alpha value is -0.850. The highest BCUT2D eigenvalue weighted by Gasteiger charge is 2.33. The molecule has 148 valence electrons. The Bertz CT molecular complexity index is 648. The predicted molar refractivity (Wildman–Crippen MR) is 107 cm³/mol. The highest BCUT2D eigenvalue weighted by molar-refractivity contribution is 7.88. The molecule has 2 atom stereocenters. The maximum atomic E-state index is 11.7. The molecule has 2 unspecified atom stereocenters. The summed E-state index contributed by atoms with van der Waals surface area (Å²) >= 11 is 0. The summed E-state index contributed by atoms with van der Waals surface area (Å²) in [5, 5.41) is 0. The van der Waals surface area contributed by atoms with Crippen LogP contribution in [-0.2, 0) is 10.0 Å². The van der Waals surface area contributed by atoms with Crippen LogP contribution in [0.25, 0.3) is 0 Å². The first-order valence-electron chi connectivity index (χ1n) is 10.2. The number of rotatable bonds is 6. The van der Waals surface area contributed by atoms with E-state index in [9.17, 15) is 8.42 Å². The van der Waals surface area contributed by atoms with Gasteiger partial charge >= 0.3 is 0 Å². The summed E-state index contributed by atoms with van der Waals surface area (Å²) in [4.78, 5) is 2.70. The zero-order chi connectivity index (χ0) is 18.7. The minimum absolute atomic E-state index is 0.618. The molecule has 0 radical (unpaired) electrons. The summed E-state index contributed by atoms with van der Waals surface area (Å²) in [7, 11) is -3.03. The second-order valence-corrected chi connectivity index (χ2v) is 10.4. The van der Waals surface area contributed by atoms with Crippen molar-refractivity contribution in [2.24, 2.45) is 17.6 Å². The molecule has 1 heterocycles. The van der Waals surface area contributed by atoms with Crippen LogP contribution in [0.15, 0.2) is 23.4 Å². The van der Waals surface area contributed by atoms with Gasteiger partial charge in [0.25, 0.3) is 0 Å². The van der Waals surface area contributed by atoms with Crippen LogP contribution in [0.2, 0.25) is 0 Å². The van der Waals surface area contributed by atoms with Crippen molar-refractivity contribution in [3.63, 3.8) is 0 Å². The number of hydrogen-bond acceptors (Lipinski definition) is 4. The third-order valence-corrected chi connectivity index (χ3v) is 7.71. The molecular weight excluding hydrogens is 346 g/mol. The molecular formula is C20H35N3O2S. The highest BCUT2D eigenvalue weighted by Crippen LogP contribution is 2.38. The maximum absolute atomic E-state index is 11.7. The monoisotopic (exact) mass is 381 g/mol. The molecule has 0 bridgehead atoms. The maximum Gasteiger partial charge on any atom is 0.211 e. The molecule has 3 rings (SSSR count). The zero-order valence-corrected chi connectivity index (χ0v) is 17.2. The molecule has 2 N–H and O–H groups in total. The molecule has 0 aromatic carbocycles. The molecule has 1 aliphatic heterocycles. The van der Waals surface area contributed by atoms with Crippen molar-refractivity contribution >= 4 is 10.0 Å². The lowest BCUT2D eigenvalue weighted by Crippen LogP contribution is -2.45. The first-order chi connectivity index (χ1) is 12.4. The Labute approximate surface area is 159 Å². The largest absolute Gasteiger partial charge is 0.402 e. The molecule has 6 heteroatoms. The van der Waals surface area contributed by atoms with Crippen molar-refractivity contribution in [3.05, 3.63) is 23.4 Å². The number of nitrogens with zero attached hydrogens (tertiary/aromatic N) is 2. The minimum atomic E-state index is -3.03. The summed E-state index contributed by atoms with van der Waals surface area (Å²) in [6.45, 7) is 5.89. The van der Waals surface area contributed by atoms with Crippen LogP contribution in [0, 0.1) is 11.8 Å². The van der Waals surface area contributed by atoms with E-state index >= 15 is 0 Å². The van der Waals surface area contributed by atoms with Crippen molar-refractivity contribution in [3.8, 4) is 0 Å². The Kier molecular flexibility index (Phi) is 6.46. The lowest BCUT2D eigenvalue weighted by Gasteiger charge is -2.42. The van der Waals surface area contributed by atoms with Gasteiger partial charge in [-0.25, -0.2) is 12.7 Å². The first kappa shape index (κ1) is 19.9. The van der Waals surface area contributed by atoms with Crippen LogP contribution in [0.4, 0.5) is 0 Å². The fourth-order valence-corrected chi connectivity index (χ4v) is 5.81. The number of fused-ring (bicyclic) bond motifs is 1. The molecule has 2 aliphatic carbocycles. The van der Waals surface area contributed by atoms with Crippen molar-refractivity contribution in [1.29, 1.82) is 0 Å². The normalized spacial score (nSPS) is 28.6. The molecule has 1 saturated heterocycles. The quantitative estimate of drug-likeness (QED) is 0.768. The van der Waals surface area contributed by atoms with Gasteiger partial charge in [0.2, 0.25) is 10.0 Å². The van der Waals surface area contributed by atoms with Crippen LogP contribution in [0.3, 0.4) is 0 Å². The third kappa shape index (κ3) is 4.90. The molecule has 26 heavy (non-hydrogen) atoms. The topological polar surface area (TPSA) is 66.6 Å². The van der Waals surface area contributed by atoms with E-state index in [4.69, 9.17) is 5.73 Å².